The van der Waals surface area contributed by atoms with Crippen LogP contribution in [0.3, 0.4) is 0 Å². The van der Waals surface area contributed by atoms with E-state index in [0.717, 1.165) is 85.8 Å². The van der Waals surface area contributed by atoms with E-state index in [1.807, 2.05) is 29.2 Å². The highest BCUT2D eigenvalue weighted by molar-refractivity contribution is 6.11. The summed E-state index contributed by atoms with van der Waals surface area (Å²) in [6, 6.07) is 12.8. The van der Waals surface area contributed by atoms with Gasteiger partial charge >= 0.3 is 12.2 Å². The highest BCUT2D eigenvalue weighted by atomic mass is 19.4. The molecule has 13 nitrogen and oxygen atoms in total. The van der Waals surface area contributed by atoms with Gasteiger partial charge in [0.2, 0.25) is 5.91 Å². The first-order chi connectivity index (χ1) is 26.9. The third-order valence-corrected chi connectivity index (χ3v) is 11.2. The summed E-state index contributed by atoms with van der Waals surface area (Å²) in [5.41, 5.74) is 1.30. The van der Waals surface area contributed by atoms with Crippen molar-refractivity contribution in [1.82, 2.24) is 30.0 Å². The number of fused-ring (bicyclic) bond motifs is 2. The second kappa shape index (κ2) is 15.0. The molecule has 16 heteroatoms. The Hall–Kier alpha value is -5.77. The van der Waals surface area contributed by atoms with E-state index in [-0.39, 0.29) is 30.1 Å². The summed E-state index contributed by atoms with van der Waals surface area (Å²) in [5, 5.41) is 12.6. The number of nitrogens with one attached hydrogen (secondary N) is 2. The molecular formula is C40H42F3N9O4. The number of carbonyl (C=O) groups excluding carboxylic acids is 3. The molecule has 2 aliphatic heterocycles. The van der Waals surface area contributed by atoms with Gasteiger partial charge in [0.1, 0.15) is 17.1 Å². The van der Waals surface area contributed by atoms with E-state index in [2.05, 4.69) is 43.4 Å². The zero-order valence-corrected chi connectivity index (χ0v) is 31.1. The third-order valence-electron chi connectivity index (χ3n) is 11.2. The van der Waals surface area contributed by atoms with Crippen molar-refractivity contribution < 1.29 is 32.3 Å². The lowest BCUT2D eigenvalue weighted by Gasteiger charge is -2.43. The predicted octanol–water partition coefficient (Wildman–Crippen LogP) is 6.65. The molecule has 1 atom stereocenters. The second-order valence-corrected chi connectivity index (χ2v) is 14.8. The van der Waals surface area contributed by atoms with Crippen molar-refractivity contribution in [2.45, 2.75) is 57.3 Å². The standard InChI is InChI=1S/C40H42F3N9O4/c1-24-21-49(15-16-50(24)33-7-3-5-28-29(33)19-44-20-34(28)51-14-13-37(53)47-39(51)55)22-25-9-11-27(12-10-25)52-23-26-17-32(35(56-2)18-31(26)48-52)46-38(54)30-6-4-8-36(45-30)40(41,42)43/h3-8,17-20,23-25,27H,9-16,21-22H2,1-2H3,(H,46,54)(H,47,53,55)/t24-,25?,27?/m1/s1. The molecule has 56 heavy (non-hydrogen) atoms. The maximum absolute atomic E-state index is 13.2. The molecule has 0 spiro atoms. The molecule has 3 fully saturated rings. The van der Waals surface area contributed by atoms with E-state index in [0.29, 0.717) is 35.1 Å². The number of anilines is 3. The minimum atomic E-state index is -4.67. The lowest BCUT2D eigenvalue weighted by Crippen LogP contribution is -2.53. The molecule has 1 aliphatic carbocycles. The topological polar surface area (TPSA) is 138 Å². The van der Waals surface area contributed by atoms with Gasteiger partial charge in [0.25, 0.3) is 5.91 Å². The minimum absolute atomic E-state index is 0.217. The number of halogens is 3. The van der Waals surface area contributed by atoms with E-state index in [9.17, 15) is 27.6 Å². The predicted molar refractivity (Wildman–Crippen MR) is 205 cm³/mol. The number of piperazine rings is 1. The lowest BCUT2D eigenvalue weighted by molar-refractivity contribution is -0.141. The number of carbonyl (C=O) groups is 3. The number of alkyl halides is 3. The zero-order chi connectivity index (χ0) is 39.1. The summed E-state index contributed by atoms with van der Waals surface area (Å²) in [6.07, 6.45) is 5.17. The van der Waals surface area contributed by atoms with Gasteiger partial charge < -0.3 is 15.0 Å². The molecule has 0 bridgehead atoms. The monoisotopic (exact) mass is 769 g/mol. The molecular weight excluding hydrogens is 727 g/mol. The van der Waals surface area contributed by atoms with Crippen LogP contribution in [-0.4, -0.2) is 88.4 Å². The number of ether oxygens (including phenoxy) is 1. The van der Waals surface area contributed by atoms with Gasteiger partial charge in [0, 0.05) is 85.5 Å². The summed E-state index contributed by atoms with van der Waals surface area (Å²) in [5.74, 6) is -0.142. The molecule has 5 heterocycles. The Kier molecular flexibility index (Phi) is 9.99. The summed E-state index contributed by atoms with van der Waals surface area (Å²) >= 11 is 0. The van der Waals surface area contributed by atoms with Crippen LogP contribution >= 0.6 is 0 Å². The number of imide groups is 1. The third kappa shape index (κ3) is 7.44. The van der Waals surface area contributed by atoms with Crippen LogP contribution < -0.4 is 25.2 Å². The number of nitrogens with zero attached hydrogens (tertiary/aromatic N) is 7. The van der Waals surface area contributed by atoms with E-state index in [1.165, 1.54) is 13.2 Å². The Morgan fingerprint density at radius 1 is 0.982 bits per heavy atom. The van der Waals surface area contributed by atoms with Crippen molar-refractivity contribution in [2.75, 3.05) is 55.0 Å². The molecule has 3 aliphatic rings. The Morgan fingerprint density at radius 3 is 2.54 bits per heavy atom. The van der Waals surface area contributed by atoms with Gasteiger partial charge in [-0.15, -0.1) is 0 Å². The second-order valence-electron chi connectivity index (χ2n) is 14.8. The van der Waals surface area contributed by atoms with Gasteiger partial charge in [-0.05, 0) is 62.8 Å². The molecule has 0 radical (unpaired) electrons. The van der Waals surface area contributed by atoms with Crippen LogP contribution in [0.1, 0.15) is 61.3 Å². The smallest absolute Gasteiger partial charge is 0.433 e. The Morgan fingerprint density at radius 2 is 1.79 bits per heavy atom. The maximum atomic E-state index is 13.2. The molecule has 292 valence electrons. The van der Waals surface area contributed by atoms with Gasteiger partial charge in [0.05, 0.1) is 36.2 Å². The van der Waals surface area contributed by atoms with E-state index < -0.39 is 23.8 Å². The molecule has 2 saturated heterocycles. The Labute approximate surface area is 320 Å². The van der Waals surface area contributed by atoms with E-state index in [4.69, 9.17) is 9.84 Å². The number of aromatic nitrogens is 4. The van der Waals surface area contributed by atoms with Gasteiger partial charge in [-0.2, -0.15) is 18.3 Å². The number of methoxy groups -OCH3 is 1. The van der Waals surface area contributed by atoms with Gasteiger partial charge in [-0.1, -0.05) is 18.2 Å². The molecule has 2 aromatic carbocycles. The van der Waals surface area contributed by atoms with Gasteiger partial charge in [-0.3, -0.25) is 34.4 Å². The first kappa shape index (κ1) is 37.2. The highest BCUT2D eigenvalue weighted by Gasteiger charge is 2.34. The minimum Gasteiger partial charge on any atom is -0.494 e. The highest BCUT2D eigenvalue weighted by Crippen LogP contribution is 2.38. The molecule has 4 amide bonds. The van der Waals surface area contributed by atoms with Crippen molar-refractivity contribution in [2.24, 2.45) is 5.92 Å². The average molecular weight is 770 g/mol. The van der Waals surface area contributed by atoms with Crippen LogP contribution in [-0.2, 0) is 11.0 Å². The van der Waals surface area contributed by atoms with E-state index >= 15 is 0 Å². The molecule has 3 aromatic heterocycles. The molecule has 8 rings (SSSR count). The van der Waals surface area contributed by atoms with Crippen LogP contribution in [0, 0.1) is 5.92 Å². The number of benzene rings is 2. The molecule has 1 saturated carbocycles. The normalized spacial score (nSPS) is 21.1. The zero-order valence-electron chi connectivity index (χ0n) is 31.1. The van der Waals surface area contributed by atoms with Crippen molar-refractivity contribution in [3.05, 3.63) is 78.5 Å². The van der Waals surface area contributed by atoms with E-state index in [1.54, 1.807) is 23.2 Å². The first-order valence-electron chi connectivity index (χ1n) is 18.8. The largest absolute Gasteiger partial charge is 0.494 e. The first-order valence-corrected chi connectivity index (χ1v) is 18.8. The van der Waals surface area contributed by atoms with Crippen molar-refractivity contribution in [3.63, 3.8) is 0 Å². The quantitative estimate of drug-likeness (QED) is 0.178. The lowest BCUT2D eigenvalue weighted by atomic mass is 9.85. The van der Waals surface area contributed by atoms with Crippen LogP contribution in [0.5, 0.6) is 5.75 Å². The number of rotatable bonds is 8. The average Bonchev–Trinajstić information content (AvgIpc) is 3.60. The maximum Gasteiger partial charge on any atom is 0.433 e. The number of hydrogen-bond acceptors (Lipinski definition) is 9. The summed E-state index contributed by atoms with van der Waals surface area (Å²) in [6.45, 7) is 6.31. The van der Waals surface area contributed by atoms with Crippen LogP contribution in [0.2, 0.25) is 0 Å². The van der Waals surface area contributed by atoms with Crippen LogP contribution in [0.4, 0.5) is 35.0 Å². The summed E-state index contributed by atoms with van der Waals surface area (Å²) in [7, 11) is 1.46. The number of pyridine rings is 2. The van der Waals surface area contributed by atoms with Crippen molar-refractivity contribution in [3.8, 4) is 5.75 Å². The SMILES string of the molecule is COc1cc2nn(C3CCC(CN4CCN(c5cccc6c(N7CCC(=O)NC7=O)cncc56)[C@H](C)C4)CC3)cc2cc1NC(=O)c1cccc(C(F)(F)F)n1. The number of hydrogen-bond donors (Lipinski definition) is 2. The van der Waals surface area contributed by atoms with Crippen LogP contribution in [0.25, 0.3) is 21.7 Å². The Balaban J connectivity index is 0.881. The van der Waals surface area contributed by atoms with Crippen molar-refractivity contribution in [1.29, 1.82) is 0 Å². The number of amides is 4. The Bertz CT molecular complexity index is 2310. The molecule has 0 unspecified atom stereocenters. The summed E-state index contributed by atoms with van der Waals surface area (Å²) < 4.78 is 47.0. The fraction of sp³-hybridized carbons (Fsp3) is 0.400. The molecule has 2 N–H and O–H groups in total. The van der Waals surface area contributed by atoms with Gasteiger partial charge in [0.15, 0.2) is 0 Å². The summed E-state index contributed by atoms with van der Waals surface area (Å²) in [4.78, 5) is 51.9. The van der Waals surface area contributed by atoms with Crippen LogP contribution in [0.15, 0.2) is 67.1 Å². The molecule has 5 aromatic rings. The van der Waals surface area contributed by atoms with Crippen molar-refractivity contribution >= 4 is 56.6 Å². The fourth-order valence-electron chi connectivity index (χ4n) is 8.37. The fourth-order valence-corrected chi connectivity index (χ4v) is 8.37. The number of urea groups is 1. The van der Waals surface area contributed by atoms with Gasteiger partial charge in [-0.25, -0.2) is 9.78 Å².